The van der Waals surface area contributed by atoms with Crippen LogP contribution in [0.25, 0.3) is 21.7 Å². The van der Waals surface area contributed by atoms with Crippen molar-refractivity contribution >= 4 is 47.1 Å². The molecule has 3 N–H and O–H groups in total. The summed E-state index contributed by atoms with van der Waals surface area (Å²) >= 11 is 0. The van der Waals surface area contributed by atoms with E-state index < -0.39 is 31.6 Å². The number of carbonyl (C=O) groups is 3. The number of aromatic nitrogens is 1. The Labute approximate surface area is 303 Å². The zero-order valence-electron chi connectivity index (χ0n) is 28.9. The molecule has 16 nitrogen and oxygen atoms in total. The Balaban J connectivity index is 1.10. The quantitative estimate of drug-likeness (QED) is 0.184. The summed E-state index contributed by atoms with van der Waals surface area (Å²) in [5, 5.41) is 20.1. The van der Waals surface area contributed by atoms with Gasteiger partial charge in [0.05, 0.1) is 42.9 Å². The molecule has 4 saturated heterocycles. The SMILES string of the molecule is Cc1ccc2onc(C(=O)N3CC[C@H]4CC[C@@H](N5OC5N5CCOCC5)N4C(=O)[C@@H](NC(=O)c4ccc5c(C#N)cc(CP(=O)(O)O)cc5c4)C3)c2c1. The molecular weight excluding hydrogens is 705 g/mol. The molecule has 276 valence electrons. The van der Waals surface area contributed by atoms with Crippen molar-refractivity contribution in [2.75, 3.05) is 39.4 Å². The molecule has 0 radical (unpaired) electrons. The molecule has 0 saturated carbocycles. The fraction of sp³-hybridized carbons (Fsp3) is 0.417. The number of ether oxygens (including phenoxy) is 1. The first-order chi connectivity index (χ1) is 25.5. The first-order valence-electron chi connectivity index (χ1n) is 17.5. The number of morpholine rings is 1. The minimum absolute atomic E-state index is 0.128. The number of rotatable bonds is 7. The Hall–Kier alpha value is -4.72. The molecule has 1 aromatic heterocycles. The Morgan fingerprint density at radius 2 is 1.85 bits per heavy atom. The average Bonchev–Trinajstić information content (AvgIpc) is 3.65. The third-order valence-electron chi connectivity index (χ3n) is 10.4. The Kier molecular flexibility index (Phi) is 9.28. The maximum absolute atomic E-state index is 14.7. The van der Waals surface area contributed by atoms with E-state index in [1.807, 2.05) is 24.1 Å². The first kappa shape index (κ1) is 35.3. The van der Waals surface area contributed by atoms with E-state index in [1.165, 1.54) is 24.3 Å². The van der Waals surface area contributed by atoms with Crippen LogP contribution in [0, 0.1) is 18.3 Å². The highest BCUT2D eigenvalue weighted by molar-refractivity contribution is 7.50. The minimum atomic E-state index is -4.44. The number of hydrogen-bond donors (Lipinski definition) is 3. The molecule has 3 amide bonds. The highest BCUT2D eigenvalue weighted by atomic mass is 31.2. The van der Waals surface area contributed by atoms with Crippen LogP contribution in [0.4, 0.5) is 0 Å². The van der Waals surface area contributed by atoms with Gasteiger partial charge in [-0.25, -0.2) is 0 Å². The maximum Gasteiger partial charge on any atom is 0.329 e. The molecule has 2 unspecified atom stereocenters. The molecule has 4 aliphatic heterocycles. The van der Waals surface area contributed by atoms with Crippen LogP contribution in [0.1, 0.15) is 56.8 Å². The monoisotopic (exact) mass is 743 g/mol. The van der Waals surface area contributed by atoms with Gasteiger partial charge < -0.3 is 34.2 Å². The van der Waals surface area contributed by atoms with Crippen molar-refractivity contribution in [2.45, 2.75) is 56.9 Å². The molecule has 0 bridgehead atoms. The van der Waals surface area contributed by atoms with Gasteiger partial charge in [0.1, 0.15) is 12.2 Å². The molecule has 0 aliphatic carbocycles. The van der Waals surface area contributed by atoms with Crippen LogP contribution < -0.4 is 5.32 Å². The lowest BCUT2D eigenvalue weighted by atomic mass is 9.99. The number of nitrogens with zero attached hydrogens (tertiary/aromatic N) is 6. The maximum atomic E-state index is 14.7. The van der Waals surface area contributed by atoms with Gasteiger partial charge in [-0.3, -0.25) is 28.7 Å². The minimum Gasteiger partial charge on any atom is -0.379 e. The number of hydroxylamine groups is 2. The molecule has 3 aromatic carbocycles. The van der Waals surface area contributed by atoms with Gasteiger partial charge in [-0.15, -0.1) is 5.06 Å². The van der Waals surface area contributed by atoms with Crippen molar-refractivity contribution in [2.24, 2.45) is 0 Å². The Morgan fingerprint density at radius 1 is 1.04 bits per heavy atom. The van der Waals surface area contributed by atoms with Crippen LogP contribution >= 0.6 is 7.60 Å². The van der Waals surface area contributed by atoms with Gasteiger partial charge in [-0.05, 0) is 72.9 Å². The first-order valence-corrected chi connectivity index (χ1v) is 19.3. The summed E-state index contributed by atoms with van der Waals surface area (Å²) in [6.45, 7) is 4.68. The van der Waals surface area contributed by atoms with Crippen molar-refractivity contribution in [1.29, 1.82) is 5.26 Å². The topological polar surface area (TPSA) is 205 Å². The summed E-state index contributed by atoms with van der Waals surface area (Å²) in [6.07, 6.45) is 0.651. The lowest BCUT2D eigenvalue weighted by molar-refractivity contribution is -0.142. The lowest BCUT2D eigenvalue weighted by Crippen LogP contribution is -2.60. The van der Waals surface area contributed by atoms with E-state index in [2.05, 4.69) is 21.4 Å². The van der Waals surface area contributed by atoms with E-state index in [-0.39, 0.29) is 53.4 Å². The van der Waals surface area contributed by atoms with E-state index in [0.717, 1.165) is 5.56 Å². The van der Waals surface area contributed by atoms with E-state index in [9.17, 15) is 34.0 Å². The standard InChI is InChI=1S/C36H38N7O9P/c1-21-2-6-30-28(14-21)32(39-51-30)35(46)41-9-8-26-4-7-31(43-36(52-43)40-10-12-50-13-11-40)42(26)34(45)29(19-41)38-33(44)23-3-5-27-24(17-23)15-22(16-25(27)18-37)20-53(47,48)49/h2-3,5-6,14-17,26,29,31,36H,4,7-13,19-20H2,1H3,(H,38,44)(H2,47,48,49)/t26-,29+,31-,36?,43?/m1/s1. The highest BCUT2D eigenvalue weighted by Gasteiger charge is 2.54. The second-order valence-electron chi connectivity index (χ2n) is 14.0. The molecule has 5 atom stereocenters. The predicted octanol–water partition coefficient (Wildman–Crippen LogP) is 2.66. The zero-order valence-corrected chi connectivity index (χ0v) is 29.8. The fourth-order valence-electron chi connectivity index (χ4n) is 7.81. The Bertz CT molecular complexity index is 2210. The number of nitriles is 1. The lowest BCUT2D eigenvalue weighted by Gasteiger charge is -2.39. The molecule has 53 heavy (non-hydrogen) atoms. The van der Waals surface area contributed by atoms with Crippen LogP contribution in [0.2, 0.25) is 0 Å². The van der Waals surface area contributed by atoms with Crippen molar-refractivity contribution < 1.29 is 42.8 Å². The smallest absolute Gasteiger partial charge is 0.329 e. The number of nitrogens with one attached hydrogen (secondary N) is 1. The predicted molar refractivity (Wildman–Crippen MR) is 188 cm³/mol. The van der Waals surface area contributed by atoms with E-state index in [1.54, 1.807) is 21.9 Å². The number of aryl methyl sites for hydroxylation is 1. The summed E-state index contributed by atoms with van der Waals surface area (Å²) in [6, 6.07) is 13.7. The van der Waals surface area contributed by atoms with Crippen LogP contribution in [-0.4, -0.2) is 116 Å². The number of hydrogen-bond acceptors (Lipinski definition) is 11. The summed E-state index contributed by atoms with van der Waals surface area (Å²) in [7, 11) is -4.44. The van der Waals surface area contributed by atoms with Crippen molar-refractivity contribution in [3.05, 3.63) is 76.5 Å². The molecule has 0 spiro atoms. The molecule has 4 fully saturated rings. The number of carbonyl (C=O) groups excluding carboxylic acids is 3. The average molecular weight is 744 g/mol. The van der Waals surface area contributed by atoms with Gasteiger partial charge in [0, 0.05) is 31.2 Å². The van der Waals surface area contributed by atoms with Crippen molar-refractivity contribution in [3.63, 3.8) is 0 Å². The van der Waals surface area contributed by atoms with Crippen LogP contribution in [0.5, 0.6) is 0 Å². The summed E-state index contributed by atoms with van der Waals surface area (Å²) in [4.78, 5) is 73.5. The van der Waals surface area contributed by atoms with Gasteiger partial charge in [0.2, 0.25) is 12.3 Å². The fourth-order valence-corrected chi connectivity index (χ4v) is 8.47. The third-order valence-corrected chi connectivity index (χ3v) is 11.2. The summed E-state index contributed by atoms with van der Waals surface area (Å²) in [5.41, 5.74) is 2.13. The van der Waals surface area contributed by atoms with Crippen LogP contribution in [-0.2, 0) is 25.1 Å². The summed E-state index contributed by atoms with van der Waals surface area (Å²) < 4.78 is 22.7. The Morgan fingerprint density at radius 3 is 2.62 bits per heavy atom. The summed E-state index contributed by atoms with van der Waals surface area (Å²) in [5.74, 6) is -1.36. The van der Waals surface area contributed by atoms with Crippen molar-refractivity contribution in [1.82, 2.24) is 30.2 Å². The molecule has 5 heterocycles. The number of amides is 3. The van der Waals surface area contributed by atoms with Gasteiger partial charge in [-0.2, -0.15) is 5.26 Å². The molecular formula is C36H38N7O9P. The molecule has 4 aromatic rings. The third kappa shape index (κ3) is 7.05. The zero-order chi connectivity index (χ0) is 37.0. The van der Waals surface area contributed by atoms with Gasteiger partial charge in [0.25, 0.3) is 11.8 Å². The van der Waals surface area contributed by atoms with Gasteiger partial charge >= 0.3 is 7.60 Å². The molecule has 4 aliphatic rings. The molecule has 17 heteroatoms. The normalized spacial score (nSPS) is 25.2. The van der Waals surface area contributed by atoms with E-state index in [0.29, 0.717) is 73.9 Å². The van der Waals surface area contributed by atoms with Crippen molar-refractivity contribution in [3.8, 4) is 6.07 Å². The molecule has 8 rings (SSSR count). The van der Waals surface area contributed by atoms with E-state index in [4.69, 9.17) is 14.1 Å². The van der Waals surface area contributed by atoms with Gasteiger partial charge in [-0.1, -0.05) is 28.9 Å². The second kappa shape index (κ2) is 13.9. The largest absolute Gasteiger partial charge is 0.379 e. The van der Waals surface area contributed by atoms with Crippen LogP contribution in [0.15, 0.2) is 53.1 Å². The van der Waals surface area contributed by atoms with Crippen LogP contribution in [0.3, 0.4) is 0 Å². The highest BCUT2D eigenvalue weighted by Crippen LogP contribution is 2.41. The second-order valence-corrected chi connectivity index (χ2v) is 15.7. The number of fused-ring (bicyclic) bond motifs is 3. The number of benzene rings is 3. The van der Waals surface area contributed by atoms with Gasteiger partial charge in [0.15, 0.2) is 11.3 Å². The van der Waals surface area contributed by atoms with E-state index >= 15 is 0 Å².